The molecule has 0 heterocycles. The molecular formula is C11H20N2O. The number of rotatable bonds is 4. The van der Waals surface area contributed by atoms with E-state index in [1.807, 2.05) is 6.92 Å². The first-order valence-corrected chi connectivity index (χ1v) is 5.10. The van der Waals surface area contributed by atoms with Gasteiger partial charge in [0.2, 0.25) is 5.91 Å². The van der Waals surface area contributed by atoms with Crippen LogP contribution >= 0.6 is 0 Å². The van der Waals surface area contributed by atoms with E-state index in [-0.39, 0.29) is 11.4 Å². The van der Waals surface area contributed by atoms with Crippen molar-refractivity contribution >= 4 is 5.91 Å². The van der Waals surface area contributed by atoms with Crippen LogP contribution in [0.3, 0.4) is 0 Å². The van der Waals surface area contributed by atoms with E-state index in [1.165, 1.54) is 0 Å². The molecule has 1 aliphatic rings. The Morgan fingerprint density at radius 2 is 2.14 bits per heavy atom. The fraction of sp³-hybridized carbons (Fsp3) is 0.727. The number of likely N-dealkylation sites (N-methyl/N-ethyl adjacent to an activating group) is 1. The summed E-state index contributed by atoms with van der Waals surface area (Å²) in [4.78, 5) is 13.4. The molecule has 1 amide bonds. The summed E-state index contributed by atoms with van der Waals surface area (Å²) in [5, 5.41) is 0. The lowest BCUT2D eigenvalue weighted by molar-refractivity contribution is -0.131. The SMILES string of the molecule is C=C(C)CN(C)C(=O)CC1(N)CCC1. The molecule has 3 nitrogen and oxygen atoms in total. The molecule has 0 saturated heterocycles. The predicted octanol–water partition coefficient (Wildman–Crippen LogP) is 1.29. The lowest BCUT2D eigenvalue weighted by Crippen LogP contribution is -2.50. The molecule has 1 fully saturated rings. The Balaban J connectivity index is 2.37. The molecule has 0 aromatic carbocycles. The Morgan fingerprint density at radius 3 is 2.50 bits per heavy atom. The molecule has 1 saturated carbocycles. The fourth-order valence-electron chi connectivity index (χ4n) is 1.74. The van der Waals surface area contributed by atoms with E-state index < -0.39 is 0 Å². The van der Waals surface area contributed by atoms with Crippen molar-refractivity contribution in [2.45, 2.75) is 38.1 Å². The van der Waals surface area contributed by atoms with Crippen LogP contribution < -0.4 is 5.73 Å². The largest absolute Gasteiger partial charge is 0.342 e. The predicted molar refractivity (Wildman–Crippen MR) is 57.8 cm³/mol. The van der Waals surface area contributed by atoms with Crippen LogP contribution in [0.1, 0.15) is 32.6 Å². The van der Waals surface area contributed by atoms with Crippen molar-refractivity contribution in [3.63, 3.8) is 0 Å². The first-order chi connectivity index (χ1) is 6.43. The van der Waals surface area contributed by atoms with Gasteiger partial charge in [-0.3, -0.25) is 4.79 Å². The highest BCUT2D eigenvalue weighted by Gasteiger charge is 2.35. The minimum absolute atomic E-state index is 0.134. The molecule has 0 radical (unpaired) electrons. The van der Waals surface area contributed by atoms with Gasteiger partial charge in [0.05, 0.1) is 0 Å². The molecule has 0 spiro atoms. The van der Waals surface area contributed by atoms with Crippen LogP contribution in [-0.4, -0.2) is 29.9 Å². The second kappa shape index (κ2) is 4.13. The third kappa shape index (κ3) is 2.84. The van der Waals surface area contributed by atoms with Crippen LogP contribution in [0, 0.1) is 0 Å². The standard InChI is InChI=1S/C11H20N2O/c1-9(2)8-13(3)10(14)7-11(12)5-4-6-11/h1,4-8,12H2,2-3H3. The summed E-state index contributed by atoms with van der Waals surface area (Å²) in [6.07, 6.45) is 3.62. The molecule has 0 bridgehead atoms. The van der Waals surface area contributed by atoms with Crippen LogP contribution in [0.25, 0.3) is 0 Å². The van der Waals surface area contributed by atoms with Gasteiger partial charge in [0.15, 0.2) is 0 Å². The molecule has 1 aliphatic carbocycles. The molecule has 14 heavy (non-hydrogen) atoms. The molecule has 0 atom stereocenters. The topological polar surface area (TPSA) is 46.3 Å². The first kappa shape index (κ1) is 11.2. The summed E-state index contributed by atoms with van der Waals surface area (Å²) in [6.45, 7) is 6.34. The summed E-state index contributed by atoms with van der Waals surface area (Å²) in [6, 6.07) is 0. The summed E-state index contributed by atoms with van der Waals surface area (Å²) in [7, 11) is 1.80. The second-order valence-electron chi connectivity index (χ2n) is 4.60. The Labute approximate surface area is 86.0 Å². The Bertz CT molecular complexity index is 244. The van der Waals surface area contributed by atoms with Gasteiger partial charge in [-0.25, -0.2) is 0 Å². The Morgan fingerprint density at radius 1 is 1.57 bits per heavy atom. The minimum Gasteiger partial charge on any atom is -0.342 e. The van der Waals surface area contributed by atoms with Crippen LogP contribution in [0.2, 0.25) is 0 Å². The number of hydrogen-bond acceptors (Lipinski definition) is 2. The summed E-state index contributed by atoms with van der Waals surface area (Å²) < 4.78 is 0. The van der Waals surface area contributed by atoms with E-state index in [2.05, 4.69) is 6.58 Å². The second-order valence-corrected chi connectivity index (χ2v) is 4.60. The van der Waals surface area contributed by atoms with E-state index in [0.29, 0.717) is 13.0 Å². The van der Waals surface area contributed by atoms with Gasteiger partial charge in [-0.2, -0.15) is 0 Å². The van der Waals surface area contributed by atoms with E-state index >= 15 is 0 Å². The van der Waals surface area contributed by atoms with Crippen molar-refractivity contribution in [1.29, 1.82) is 0 Å². The maximum Gasteiger partial charge on any atom is 0.224 e. The highest BCUT2D eigenvalue weighted by atomic mass is 16.2. The third-order valence-corrected chi connectivity index (χ3v) is 2.79. The van der Waals surface area contributed by atoms with E-state index in [9.17, 15) is 4.79 Å². The zero-order valence-corrected chi connectivity index (χ0v) is 9.18. The maximum atomic E-state index is 11.7. The van der Waals surface area contributed by atoms with Crippen molar-refractivity contribution < 1.29 is 4.79 Å². The number of nitrogens with two attached hydrogens (primary N) is 1. The van der Waals surface area contributed by atoms with Crippen LogP contribution in [0.15, 0.2) is 12.2 Å². The maximum absolute atomic E-state index is 11.7. The number of amides is 1. The van der Waals surface area contributed by atoms with Crippen molar-refractivity contribution in [2.24, 2.45) is 5.73 Å². The first-order valence-electron chi connectivity index (χ1n) is 5.10. The van der Waals surface area contributed by atoms with E-state index in [4.69, 9.17) is 5.73 Å². The van der Waals surface area contributed by atoms with Gasteiger partial charge in [-0.15, -0.1) is 0 Å². The van der Waals surface area contributed by atoms with Gasteiger partial charge in [-0.1, -0.05) is 12.2 Å². The zero-order valence-electron chi connectivity index (χ0n) is 9.18. The van der Waals surface area contributed by atoms with Gasteiger partial charge >= 0.3 is 0 Å². The third-order valence-electron chi connectivity index (χ3n) is 2.79. The van der Waals surface area contributed by atoms with Crippen molar-refractivity contribution in [2.75, 3.05) is 13.6 Å². The smallest absolute Gasteiger partial charge is 0.224 e. The summed E-state index contributed by atoms with van der Waals surface area (Å²) in [5.41, 5.74) is 6.79. The summed E-state index contributed by atoms with van der Waals surface area (Å²) in [5.74, 6) is 0.134. The molecule has 2 N–H and O–H groups in total. The van der Waals surface area contributed by atoms with Crippen molar-refractivity contribution in [3.05, 3.63) is 12.2 Å². The van der Waals surface area contributed by atoms with Gasteiger partial charge in [0.25, 0.3) is 0 Å². The Kier molecular flexibility index (Phi) is 3.32. The summed E-state index contributed by atoms with van der Waals surface area (Å²) >= 11 is 0. The van der Waals surface area contributed by atoms with E-state index in [0.717, 1.165) is 24.8 Å². The van der Waals surface area contributed by atoms with Gasteiger partial charge in [0, 0.05) is 25.6 Å². The number of hydrogen-bond donors (Lipinski definition) is 1. The monoisotopic (exact) mass is 196 g/mol. The lowest BCUT2D eigenvalue weighted by atomic mass is 9.75. The molecular weight excluding hydrogens is 176 g/mol. The average molecular weight is 196 g/mol. The quantitative estimate of drug-likeness (QED) is 0.689. The minimum atomic E-state index is -0.208. The van der Waals surface area contributed by atoms with Crippen molar-refractivity contribution in [3.8, 4) is 0 Å². The number of carbonyl (C=O) groups excluding carboxylic acids is 1. The normalized spacial score (nSPS) is 18.5. The molecule has 0 unspecified atom stereocenters. The number of carbonyl (C=O) groups is 1. The van der Waals surface area contributed by atoms with Crippen LogP contribution in [0.4, 0.5) is 0 Å². The lowest BCUT2D eigenvalue weighted by Gasteiger charge is -2.38. The Hall–Kier alpha value is -0.830. The fourth-order valence-corrected chi connectivity index (χ4v) is 1.74. The highest BCUT2D eigenvalue weighted by molar-refractivity contribution is 5.77. The molecule has 80 valence electrons. The molecule has 0 aromatic rings. The molecule has 0 aromatic heterocycles. The van der Waals surface area contributed by atoms with Crippen LogP contribution in [-0.2, 0) is 4.79 Å². The van der Waals surface area contributed by atoms with Crippen molar-refractivity contribution in [1.82, 2.24) is 4.90 Å². The van der Waals surface area contributed by atoms with Gasteiger partial charge in [0.1, 0.15) is 0 Å². The molecule has 3 heteroatoms. The molecule has 0 aliphatic heterocycles. The number of nitrogens with zero attached hydrogens (tertiary/aromatic N) is 1. The molecule has 1 rings (SSSR count). The van der Waals surface area contributed by atoms with E-state index in [1.54, 1.807) is 11.9 Å². The van der Waals surface area contributed by atoms with Crippen LogP contribution in [0.5, 0.6) is 0 Å². The average Bonchev–Trinajstić information content (AvgIpc) is 2.00. The zero-order chi connectivity index (χ0) is 10.8. The van der Waals surface area contributed by atoms with Gasteiger partial charge in [-0.05, 0) is 26.2 Å². The highest BCUT2D eigenvalue weighted by Crippen LogP contribution is 2.32. The van der Waals surface area contributed by atoms with Gasteiger partial charge < -0.3 is 10.6 Å².